The number of carbonyl (C=O) groups excluding carboxylic acids is 1. The first kappa shape index (κ1) is 17.2. The predicted octanol–water partition coefficient (Wildman–Crippen LogP) is 1.73. The Hall–Kier alpha value is -2.12. The molecule has 1 atom stereocenters. The van der Waals surface area contributed by atoms with Crippen molar-refractivity contribution >= 4 is 15.9 Å². The maximum absolute atomic E-state index is 12.4. The van der Waals surface area contributed by atoms with Gasteiger partial charge < -0.3 is 9.88 Å². The van der Waals surface area contributed by atoms with E-state index in [0.29, 0.717) is 5.69 Å². The molecule has 0 bridgehead atoms. The number of rotatable bonds is 5. The molecule has 0 saturated carbocycles. The predicted molar refractivity (Wildman–Crippen MR) is 88.7 cm³/mol. The molecule has 0 aliphatic carbocycles. The van der Waals surface area contributed by atoms with Crippen LogP contribution in [0.4, 0.5) is 0 Å². The smallest absolute Gasteiger partial charge is 0.268 e. The number of hydrogen-bond donors (Lipinski definition) is 2. The molecule has 0 aliphatic rings. The quantitative estimate of drug-likeness (QED) is 0.873. The second kappa shape index (κ2) is 6.55. The van der Waals surface area contributed by atoms with E-state index in [1.165, 1.54) is 23.9 Å². The number of aromatic nitrogens is 1. The van der Waals surface area contributed by atoms with Gasteiger partial charge in [-0.1, -0.05) is 24.3 Å². The van der Waals surface area contributed by atoms with Crippen molar-refractivity contribution in [2.24, 2.45) is 7.05 Å². The van der Waals surface area contributed by atoms with Crippen LogP contribution in [-0.2, 0) is 17.1 Å². The lowest BCUT2D eigenvalue weighted by molar-refractivity contribution is 0.0931. The highest BCUT2D eigenvalue weighted by atomic mass is 32.2. The Morgan fingerprint density at radius 2 is 1.91 bits per heavy atom. The minimum Gasteiger partial charge on any atom is -0.345 e. The molecule has 2 aromatic rings. The van der Waals surface area contributed by atoms with E-state index < -0.39 is 10.0 Å². The monoisotopic (exact) mass is 335 g/mol. The molecule has 0 aliphatic heterocycles. The van der Waals surface area contributed by atoms with E-state index in [2.05, 4.69) is 10.0 Å². The van der Waals surface area contributed by atoms with Crippen molar-refractivity contribution < 1.29 is 13.2 Å². The van der Waals surface area contributed by atoms with E-state index in [9.17, 15) is 13.2 Å². The van der Waals surface area contributed by atoms with Gasteiger partial charge in [0.1, 0.15) is 10.6 Å². The first-order valence-corrected chi connectivity index (χ1v) is 8.71. The summed E-state index contributed by atoms with van der Waals surface area (Å²) in [5.74, 6) is -0.319. The van der Waals surface area contributed by atoms with Crippen LogP contribution < -0.4 is 10.0 Å². The molecule has 1 aromatic heterocycles. The summed E-state index contributed by atoms with van der Waals surface area (Å²) in [5.41, 5.74) is 2.41. The van der Waals surface area contributed by atoms with Crippen LogP contribution in [0.2, 0.25) is 0 Å². The lowest BCUT2D eigenvalue weighted by Gasteiger charge is -2.16. The summed E-state index contributed by atoms with van der Waals surface area (Å²) in [6.07, 6.45) is 1.42. The Balaban J connectivity index is 2.23. The molecule has 7 heteroatoms. The third-order valence-electron chi connectivity index (χ3n) is 3.79. The minimum atomic E-state index is -3.57. The topological polar surface area (TPSA) is 80.2 Å². The Morgan fingerprint density at radius 1 is 1.26 bits per heavy atom. The zero-order valence-corrected chi connectivity index (χ0v) is 14.4. The van der Waals surface area contributed by atoms with E-state index in [1.807, 2.05) is 38.1 Å². The zero-order valence-electron chi connectivity index (χ0n) is 13.6. The molecule has 0 saturated heterocycles. The molecular weight excluding hydrogens is 314 g/mol. The Morgan fingerprint density at radius 3 is 2.52 bits per heavy atom. The first-order valence-electron chi connectivity index (χ1n) is 7.22. The summed E-state index contributed by atoms with van der Waals surface area (Å²) in [6.45, 7) is 3.88. The third kappa shape index (κ3) is 3.62. The van der Waals surface area contributed by atoms with Crippen LogP contribution in [0, 0.1) is 6.92 Å². The van der Waals surface area contributed by atoms with Gasteiger partial charge >= 0.3 is 0 Å². The van der Waals surface area contributed by atoms with Crippen LogP contribution >= 0.6 is 0 Å². The SMILES string of the molecule is CNS(=O)(=O)c1cc(C(=O)NC(C)c2ccccc2C)n(C)c1. The number of sulfonamides is 1. The van der Waals surface area contributed by atoms with E-state index in [0.717, 1.165) is 11.1 Å². The molecule has 6 nitrogen and oxygen atoms in total. The lowest BCUT2D eigenvalue weighted by Crippen LogP contribution is -2.28. The Labute approximate surface area is 136 Å². The highest BCUT2D eigenvalue weighted by Gasteiger charge is 2.20. The van der Waals surface area contributed by atoms with Crippen LogP contribution in [0.3, 0.4) is 0 Å². The normalized spacial score (nSPS) is 12.9. The summed E-state index contributed by atoms with van der Waals surface area (Å²) < 4.78 is 27.4. The third-order valence-corrected chi connectivity index (χ3v) is 5.18. The molecule has 2 N–H and O–H groups in total. The molecular formula is C16H21N3O3S. The number of aryl methyl sites for hydroxylation is 2. The lowest BCUT2D eigenvalue weighted by atomic mass is 10.0. The Bertz CT molecular complexity index is 825. The van der Waals surface area contributed by atoms with Gasteiger partial charge in [0, 0.05) is 13.2 Å². The summed E-state index contributed by atoms with van der Waals surface area (Å²) in [4.78, 5) is 12.5. The van der Waals surface area contributed by atoms with Crippen molar-refractivity contribution in [3.8, 4) is 0 Å². The maximum Gasteiger partial charge on any atom is 0.268 e. The fourth-order valence-corrected chi connectivity index (χ4v) is 3.25. The zero-order chi connectivity index (χ0) is 17.2. The molecule has 0 radical (unpaired) electrons. The summed E-state index contributed by atoms with van der Waals surface area (Å²) in [5, 5.41) is 2.90. The van der Waals surface area contributed by atoms with Gasteiger partial charge in [-0.2, -0.15) is 0 Å². The van der Waals surface area contributed by atoms with Crippen LogP contribution in [-0.4, -0.2) is 25.9 Å². The van der Waals surface area contributed by atoms with Gasteiger partial charge in [0.25, 0.3) is 5.91 Å². The van der Waals surface area contributed by atoms with Crippen molar-refractivity contribution in [3.05, 3.63) is 53.3 Å². The number of nitrogens with one attached hydrogen (secondary N) is 2. The fraction of sp³-hybridized carbons (Fsp3) is 0.312. The minimum absolute atomic E-state index is 0.0659. The van der Waals surface area contributed by atoms with Crippen molar-refractivity contribution in [1.82, 2.24) is 14.6 Å². The number of carbonyl (C=O) groups is 1. The van der Waals surface area contributed by atoms with E-state index in [4.69, 9.17) is 0 Å². The molecule has 1 aromatic carbocycles. The fourth-order valence-electron chi connectivity index (χ4n) is 2.45. The van der Waals surface area contributed by atoms with Gasteiger partial charge in [-0.25, -0.2) is 13.1 Å². The molecule has 0 spiro atoms. The van der Waals surface area contributed by atoms with Gasteiger partial charge in [0.05, 0.1) is 6.04 Å². The van der Waals surface area contributed by atoms with Gasteiger partial charge in [0.15, 0.2) is 0 Å². The largest absolute Gasteiger partial charge is 0.345 e. The number of nitrogens with zero attached hydrogens (tertiary/aromatic N) is 1. The first-order chi connectivity index (χ1) is 10.8. The second-order valence-electron chi connectivity index (χ2n) is 5.43. The standard InChI is InChI=1S/C16H21N3O3S/c1-11-7-5-6-8-14(11)12(2)18-16(20)15-9-13(10-19(15)4)23(21,22)17-3/h5-10,12,17H,1-4H3,(H,18,20). The van der Waals surface area contributed by atoms with Gasteiger partial charge in [0.2, 0.25) is 10.0 Å². The second-order valence-corrected chi connectivity index (χ2v) is 7.32. The van der Waals surface area contributed by atoms with Crippen molar-refractivity contribution in [3.63, 3.8) is 0 Å². The van der Waals surface area contributed by atoms with Crippen molar-refractivity contribution in [1.29, 1.82) is 0 Å². The highest BCUT2D eigenvalue weighted by Crippen LogP contribution is 2.18. The van der Waals surface area contributed by atoms with Crippen molar-refractivity contribution in [2.45, 2.75) is 24.8 Å². The van der Waals surface area contributed by atoms with E-state index in [1.54, 1.807) is 7.05 Å². The summed E-state index contributed by atoms with van der Waals surface area (Å²) in [7, 11) is -0.595. The van der Waals surface area contributed by atoms with E-state index >= 15 is 0 Å². The molecule has 2 rings (SSSR count). The Kier molecular flexibility index (Phi) is 4.91. The van der Waals surface area contributed by atoms with Gasteiger partial charge in [-0.05, 0) is 38.1 Å². The number of hydrogen-bond acceptors (Lipinski definition) is 3. The molecule has 1 heterocycles. The highest BCUT2D eigenvalue weighted by molar-refractivity contribution is 7.89. The van der Waals surface area contributed by atoms with Crippen LogP contribution in [0.5, 0.6) is 0 Å². The maximum atomic E-state index is 12.4. The van der Waals surface area contributed by atoms with Gasteiger partial charge in [-0.15, -0.1) is 0 Å². The van der Waals surface area contributed by atoms with Crippen LogP contribution in [0.1, 0.15) is 34.6 Å². The molecule has 1 unspecified atom stereocenters. The molecule has 23 heavy (non-hydrogen) atoms. The summed E-state index contributed by atoms with van der Waals surface area (Å²) in [6, 6.07) is 9.00. The molecule has 0 fully saturated rings. The number of benzene rings is 1. The van der Waals surface area contributed by atoms with Crippen LogP contribution in [0.25, 0.3) is 0 Å². The average Bonchev–Trinajstić information content (AvgIpc) is 2.90. The molecule has 1 amide bonds. The van der Waals surface area contributed by atoms with Crippen LogP contribution in [0.15, 0.2) is 41.4 Å². The average molecular weight is 335 g/mol. The van der Waals surface area contributed by atoms with E-state index in [-0.39, 0.29) is 16.8 Å². The number of amides is 1. The molecule has 124 valence electrons. The van der Waals surface area contributed by atoms with Crippen molar-refractivity contribution in [2.75, 3.05) is 7.05 Å². The summed E-state index contributed by atoms with van der Waals surface area (Å²) >= 11 is 0. The van der Waals surface area contributed by atoms with Gasteiger partial charge in [-0.3, -0.25) is 4.79 Å².